The molecule has 3 aromatic carbocycles. The Kier molecular flexibility index (Phi) is 5.26. The SMILES string of the molecule is Cc1ccc(-c2nc3ccccc3c(=O)n2NC(=O)C=Cc2ccccc2)cc1C. The molecule has 0 saturated heterocycles. The van der Waals surface area contributed by atoms with Crippen LogP contribution in [0.1, 0.15) is 16.7 Å². The third-order valence-corrected chi connectivity index (χ3v) is 4.99. The highest BCUT2D eigenvalue weighted by atomic mass is 16.2. The van der Waals surface area contributed by atoms with Crippen molar-refractivity contribution in [3.8, 4) is 11.4 Å². The number of para-hydroxylation sites is 1. The smallest absolute Gasteiger partial charge is 0.268 e. The van der Waals surface area contributed by atoms with Crippen LogP contribution in [0.2, 0.25) is 0 Å². The molecule has 1 N–H and O–H groups in total. The van der Waals surface area contributed by atoms with Crippen LogP contribution in [-0.2, 0) is 4.79 Å². The summed E-state index contributed by atoms with van der Waals surface area (Å²) in [6, 6.07) is 22.5. The summed E-state index contributed by atoms with van der Waals surface area (Å²) in [5.74, 6) is -0.0219. The van der Waals surface area contributed by atoms with Crippen molar-refractivity contribution >= 4 is 22.9 Å². The number of carbonyl (C=O) groups is 1. The quantitative estimate of drug-likeness (QED) is 0.519. The number of benzene rings is 3. The number of amides is 1. The molecule has 0 atom stereocenters. The van der Waals surface area contributed by atoms with E-state index in [0.717, 1.165) is 22.3 Å². The fourth-order valence-corrected chi connectivity index (χ4v) is 3.19. The Hall–Kier alpha value is -3.99. The van der Waals surface area contributed by atoms with Gasteiger partial charge in [-0.15, -0.1) is 0 Å². The lowest BCUT2D eigenvalue weighted by molar-refractivity contribution is -0.112. The van der Waals surface area contributed by atoms with E-state index in [1.807, 2.05) is 68.4 Å². The number of hydrogen-bond acceptors (Lipinski definition) is 3. The first kappa shape index (κ1) is 19.3. The molecule has 0 spiro atoms. The Morgan fingerprint density at radius 1 is 0.933 bits per heavy atom. The summed E-state index contributed by atoms with van der Waals surface area (Å²) in [5.41, 5.74) is 6.82. The lowest BCUT2D eigenvalue weighted by atomic mass is 10.1. The maximum Gasteiger partial charge on any atom is 0.280 e. The van der Waals surface area contributed by atoms with Gasteiger partial charge >= 0.3 is 0 Å². The van der Waals surface area contributed by atoms with Gasteiger partial charge in [0.2, 0.25) is 0 Å². The maximum atomic E-state index is 13.2. The first-order chi connectivity index (χ1) is 14.5. The summed E-state index contributed by atoms with van der Waals surface area (Å²) in [7, 11) is 0. The molecule has 0 saturated carbocycles. The molecule has 0 radical (unpaired) electrons. The molecule has 4 aromatic rings. The van der Waals surface area contributed by atoms with Gasteiger partial charge in [-0.2, -0.15) is 4.68 Å². The van der Waals surface area contributed by atoms with E-state index in [2.05, 4.69) is 10.4 Å². The van der Waals surface area contributed by atoms with Crippen molar-refractivity contribution in [1.82, 2.24) is 9.66 Å². The van der Waals surface area contributed by atoms with Crippen LogP contribution in [-0.4, -0.2) is 15.6 Å². The van der Waals surface area contributed by atoms with Gasteiger partial charge in [0.25, 0.3) is 11.5 Å². The van der Waals surface area contributed by atoms with Crippen molar-refractivity contribution < 1.29 is 4.79 Å². The van der Waals surface area contributed by atoms with Crippen molar-refractivity contribution in [2.45, 2.75) is 13.8 Å². The Morgan fingerprint density at radius 3 is 2.43 bits per heavy atom. The number of carbonyl (C=O) groups excluding carboxylic acids is 1. The molecule has 148 valence electrons. The second-order valence-electron chi connectivity index (χ2n) is 7.11. The Bertz CT molecular complexity index is 1320. The molecule has 5 heteroatoms. The average molecular weight is 395 g/mol. The highest BCUT2D eigenvalue weighted by Crippen LogP contribution is 2.21. The molecular weight excluding hydrogens is 374 g/mol. The molecule has 4 rings (SSSR count). The van der Waals surface area contributed by atoms with Crippen LogP contribution < -0.4 is 11.0 Å². The molecule has 30 heavy (non-hydrogen) atoms. The number of nitrogens with one attached hydrogen (secondary N) is 1. The minimum Gasteiger partial charge on any atom is -0.268 e. The van der Waals surface area contributed by atoms with Crippen molar-refractivity contribution in [3.63, 3.8) is 0 Å². The lowest BCUT2D eigenvalue weighted by Crippen LogP contribution is -2.34. The lowest BCUT2D eigenvalue weighted by Gasteiger charge is -2.14. The molecule has 1 amide bonds. The van der Waals surface area contributed by atoms with Gasteiger partial charge in [0, 0.05) is 11.6 Å². The highest BCUT2D eigenvalue weighted by molar-refractivity contribution is 5.98. The van der Waals surface area contributed by atoms with Gasteiger partial charge in [-0.25, -0.2) is 4.98 Å². The fraction of sp³-hybridized carbons (Fsp3) is 0.0800. The van der Waals surface area contributed by atoms with Crippen molar-refractivity contribution in [2.24, 2.45) is 0 Å². The number of aryl methyl sites for hydroxylation is 2. The molecule has 1 aromatic heterocycles. The number of aromatic nitrogens is 2. The van der Waals surface area contributed by atoms with Gasteiger partial charge in [0.05, 0.1) is 10.9 Å². The topological polar surface area (TPSA) is 64.0 Å². The Morgan fingerprint density at radius 2 is 1.67 bits per heavy atom. The van der Waals surface area contributed by atoms with E-state index in [1.165, 1.54) is 10.8 Å². The Balaban J connectivity index is 1.80. The van der Waals surface area contributed by atoms with Crippen molar-refractivity contribution in [2.75, 3.05) is 5.43 Å². The molecule has 1 heterocycles. The Labute approximate surface area is 174 Å². The normalized spacial score (nSPS) is 11.1. The van der Waals surface area contributed by atoms with E-state index in [0.29, 0.717) is 16.7 Å². The van der Waals surface area contributed by atoms with Gasteiger partial charge in [-0.1, -0.05) is 54.6 Å². The third-order valence-electron chi connectivity index (χ3n) is 4.99. The summed E-state index contributed by atoms with van der Waals surface area (Å²) in [4.78, 5) is 30.4. The van der Waals surface area contributed by atoms with E-state index in [-0.39, 0.29) is 5.56 Å². The van der Waals surface area contributed by atoms with Crippen molar-refractivity contribution in [3.05, 3.63) is 106 Å². The highest BCUT2D eigenvalue weighted by Gasteiger charge is 2.14. The standard InChI is InChI=1S/C25H21N3O2/c1-17-12-14-20(16-18(17)2)24-26-22-11-7-6-10-21(22)25(30)28(24)27-23(29)15-13-19-8-4-3-5-9-19/h3-16H,1-2H3,(H,27,29). The van der Waals surface area contributed by atoms with E-state index in [4.69, 9.17) is 0 Å². The average Bonchev–Trinajstić information content (AvgIpc) is 2.77. The zero-order chi connectivity index (χ0) is 21.1. The summed E-state index contributed by atoms with van der Waals surface area (Å²) in [6.07, 6.45) is 3.10. The van der Waals surface area contributed by atoms with Crippen LogP contribution in [0.5, 0.6) is 0 Å². The van der Waals surface area contributed by atoms with Gasteiger partial charge in [-0.3, -0.25) is 15.0 Å². The second-order valence-corrected chi connectivity index (χ2v) is 7.11. The van der Waals surface area contributed by atoms with Crippen LogP contribution in [0, 0.1) is 13.8 Å². The van der Waals surface area contributed by atoms with E-state index in [9.17, 15) is 9.59 Å². The van der Waals surface area contributed by atoms with Gasteiger partial charge in [0.15, 0.2) is 5.82 Å². The summed E-state index contributed by atoms with van der Waals surface area (Å²) >= 11 is 0. The zero-order valence-corrected chi connectivity index (χ0v) is 16.8. The predicted octanol–water partition coefficient (Wildman–Crippen LogP) is 4.46. The maximum absolute atomic E-state index is 13.2. The largest absolute Gasteiger partial charge is 0.280 e. The van der Waals surface area contributed by atoms with Crippen LogP contribution in [0.15, 0.2) is 83.7 Å². The van der Waals surface area contributed by atoms with Crippen LogP contribution in [0.4, 0.5) is 0 Å². The second kappa shape index (κ2) is 8.17. The number of nitrogens with zero attached hydrogens (tertiary/aromatic N) is 2. The van der Waals surface area contributed by atoms with Gasteiger partial charge < -0.3 is 0 Å². The number of rotatable bonds is 4. The molecule has 0 fully saturated rings. The van der Waals surface area contributed by atoms with E-state index >= 15 is 0 Å². The van der Waals surface area contributed by atoms with Crippen molar-refractivity contribution in [1.29, 1.82) is 0 Å². The van der Waals surface area contributed by atoms with Gasteiger partial charge in [-0.05, 0) is 54.8 Å². The molecule has 0 aliphatic carbocycles. The first-order valence-corrected chi connectivity index (χ1v) is 9.66. The molecule has 0 unspecified atom stereocenters. The van der Waals surface area contributed by atoms with Crippen LogP contribution in [0.3, 0.4) is 0 Å². The summed E-state index contributed by atoms with van der Waals surface area (Å²) in [6.45, 7) is 4.03. The zero-order valence-electron chi connectivity index (χ0n) is 16.8. The number of fused-ring (bicyclic) bond motifs is 1. The summed E-state index contributed by atoms with van der Waals surface area (Å²) < 4.78 is 1.23. The van der Waals surface area contributed by atoms with Crippen LogP contribution >= 0.6 is 0 Å². The monoisotopic (exact) mass is 395 g/mol. The minimum atomic E-state index is -0.414. The van der Waals surface area contributed by atoms with E-state index in [1.54, 1.807) is 24.3 Å². The molecule has 0 aliphatic rings. The molecular formula is C25H21N3O2. The molecule has 0 bridgehead atoms. The van der Waals surface area contributed by atoms with Crippen LogP contribution in [0.25, 0.3) is 28.4 Å². The number of hydrogen-bond donors (Lipinski definition) is 1. The predicted molar refractivity (Wildman–Crippen MR) is 121 cm³/mol. The minimum absolute atomic E-state index is 0.324. The third kappa shape index (κ3) is 3.91. The summed E-state index contributed by atoms with van der Waals surface area (Å²) in [5, 5.41) is 0.442. The molecule has 0 aliphatic heterocycles. The fourth-order valence-electron chi connectivity index (χ4n) is 3.19. The first-order valence-electron chi connectivity index (χ1n) is 9.66. The van der Waals surface area contributed by atoms with E-state index < -0.39 is 5.91 Å². The molecule has 5 nitrogen and oxygen atoms in total. The van der Waals surface area contributed by atoms with Gasteiger partial charge in [0.1, 0.15) is 0 Å².